The zero-order chi connectivity index (χ0) is 12.3. The van der Waals surface area contributed by atoms with E-state index in [0.29, 0.717) is 17.3 Å². The highest BCUT2D eigenvalue weighted by atomic mass is 16.5. The molecule has 0 fully saturated rings. The molecule has 0 bridgehead atoms. The van der Waals surface area contributed by atoms with Crippen molar-refractivity contribution in [3.63, 3.8) is 0 Å². The van der Waals surface area contributed by atoms with E-state index in [4.69, 9.17) is 15.7 Å². The van der Waals surface area contributed by atoms with E-state index in [-0.39, 0.29) is 5.69 Å². The quantitative estimate of drug-likeness (QED) is 0.792. The van der Waals surface area contributed by atoms with Gasteiger partial charge in [-0.2, -0.15) is 5.26 Å². The second-order valence-corrected chi connectivity index (χ2v) is 3.47. The molecule has 0 radical (unpaired) electrons. The van der Waals surface area contributed by atoms with Crippen LogP contribution in [0.3, 0.4) is 0 Å². The number of aryl methyl sites for hydroxylation is 1. The van der Waals surface area contributed by atoms with Crippen LogP contribution in [0.1, 0.15) is 11.3 Å². The van der Waals surface area contributed by atoms with Gasteiger partial charge in [0.1, 0.15) is 11.8 Å². The van der Waals surface area contributed by atoms with E-state index in [0.717, 1.165) is 5.56 Å². The van der Waals surface area contributed by atoms with Gasteiger partial charge in [-0.1, -0.05) is 6.07 Å². The first kappa shape index (κ1) is 10.9. The topological polar surface area (TPSA) is 84.8 Å². The van der Waals surface area contributed by atoms with Crippen LogP contribution in [0.15, 0.2) is 30.6 Å². The molecule has 0 spiro atoms. The first-order valence-corrected chi connectivity index (χ1v) is 4.95. The Morgan fingerprint density at radius 2 is 2.12 bits per heavy atom. The van der Waals surface area contributed by atoms with E-state index < -0.39 is 0 Å². The van der Waals surface area contributed by atoms with E-state index in [1.54, 1.807) is 12.1 Å². The van der Waals surface area contributed by atoms with Gasteiger partial charge >= 0.3 is 0 Å². The van der Waals surface area contributed by atoms with Gasteiger partial charge in [0, 0.05) is 11.8 Å². The monoisotopic (exact) mass is 226 g/mol. The second-order valence-electron chi connectivity index (χ2n) is 3.47. The van der Waals surface area contributed by atoms with Crippen molar-refractivity contribution in [2.24, 2.45) is 0 Å². The van der Waals surface area contributed by atoms with Crippen molar-refractivity contribution in [2.75, 3.05) is 5.73 Å². The number of hydrogen-bond donors (Lipinski definition) is 1. The van der Waals surface area contributed by atoms with Crippen LogP contribution in [0, 0.1) is 18.3 Å². The second kappa shape index (κ2) is 4.49. The SMILES string of the molecule is Cc1ccc(Oc2cnc(C#N)cn2)cc1N. The fraction of sp³-hybridized carbons (Fsp3) is 0.0833. The maximum absolute atomic E-state index is 8.58. The average molecular weight is 226 g/mol. The molecular weight excluding hydrogens is 216 g/mol. The molecule has 0 aliphatic carbocycles. The third-order valence-electron chi connectivity index (χ3n) is 2.22. The number of ether oxygens (including phenoxy) is 1. The van der Waals surface area contributed by atoms with Crippen LogP contribution < -0.4 is 10.5 Å². The summed E-state index contributed by atoms with van der Waals surface area (Å²) in [6, 6.07) is 7.26. The van der Waals surface area contributed by atoms with Gasteiger partial charge in [0.05, 0.1) is 12.4 Å². The van der Waals surface area contributed by atoms with Crippen LogP contribution in [-0.4, -0.2) is 9.97 Å². The highest BCUT2D eigenvalue weighted by Crippen LogP contribution is 2.23. The summed E-state index contributed by atoms with van der Waals surface area (Å²) in [6.45, 7) is 1.92. The molecule has 2 aromatic rings. The van der Waals surface area contributed by atoms with E-state index in [2.05, 4.69) is 9.97 Å². The normalized spacial score (nSPS) is 9.65. The summed E-state index contributed by atoms with van der Waals surface area (Å²) in [5.41, 5.74) is 7.66. The first-order valence-electron chi connectivity index (χ1n) is 4.95. The number of anilines is 1. The lowest BCUT2D eigenvalue weighted by atomic mass is 10.2. The Bertz CT molecular complexity index is 572. The van der Waals surface area contributed by atoms with Gasteiger partial charge in [-0.05, 0) is 18.6 Å². The van der Waals surface area contributed by atoms with Crippen LogP contribution in [0.4, 0.5) is 5.69 Å². The van der Waals surface area contributed by atoms with Crippen molar-refractivity contribution in [3.8, 4) is 17.7 Å². The van der Waals surface area contributed by atoms with Crippen LogP contribution in [-0.2, 0) is 0 Å². The molecule has 0 aliphatic rings. The van der Waals surface area contributed by atoms with Crippen LogP contribution in [0.2, 0.25) is 0 Å². The van der Waals surface area contributed by atoms with Crippen LogP contribution >= 0.6 is 0 Å². The number of hydrogen-bond acceptors (Lipinski definition) is 5. The van der Waals surface area contributed by atoms with Gasteiger partial charge in [-0.3, -0.25) is 0 Å². The lowest BCUT2D eigenvalue weighted by Gasteiger charge is -2.06. The number of benzene rings is 1. The highest BCUT2D eigenvalue weighted by molar-refractivity contribution is 5.51. The van der Waals surface area contributed by atoms with Crippen LogP contribution in [0.25, 0.3) is 0 Å². The first-order chi connectivity index (χ1) is 8.19. The Balaban J connectivity index is 2.20. The highest BCUT2D eigenvalue weighted by Gasteiger charge is 2.01. The molecule has 1 heterocycles. The summed E-state index contributed by atoms with van der Waals surface area (Å²) in [7, 11) is 0. The fourth-order valence-electron chi connectivity index (χ4n) is 1.23. The molecule has 5 heteroatoms. The number of rotatable bonds is 2. The van der Waals surface area contributed by atoms with Gasteiger partial charge in [0.25, 0.3) is 0 Å². The molecule has 0 amide bonds. The largest absolute Gasteiger partial charge is 0.437 e. The molecular formula is C12H10N4O. The Hall–Kier alpha value is -2.61. The summed E-state index contributed by atoms with van der Waals surface area (Å²) in [5.74, 6) is 0.916. The third-order valence-corrected chi connectivity index (χ3v) is 2.22. The predicted octanol–water partition coefficient (Wildman–Crippen LogP) is 2.03. The molecule has 2 rings (SSSR count). The Morgan fingerprint density at radius 3 is 2.71 bits per heavy atom. The predicted molar refractivity (Wildman–Crippen MR) is 62.4 cm³/mol. The number of nitriles is 1. The molecule has 0 aliphatic heterocycles. The van der Waals surface area contributed by atoms with Crippen molar-refractivity contribution >= 4 is 5.69 Å². The Kier molecular flexibility index (Phi) is 2.88. The van der Waals surface area contributed by atoms with E-state index in [1.807, 2.05) is 19.1 Å². The summed E-state index contributed by atoms with van der Waals surface area (Å²) in [6.07, 6.45) is 2.75. The number of nitrogen functional groups attached to an aromatic ring is 1. The van der Waals surface area contributed by atoms with E-state index >= 15 is 0 Å². The lowest BCUT2D eigenvalue weighted by Crippen LogP contribution is -1.93. The van der Waals surface area contributed by atoms with Gasteiger partial charge < -0.3 is 10.5 Å². The van der Waals surface area contributed by atoms with E-state index in [9.17, 15) is 0 Å². The van der Waals surface area contributed by atoms with Crippen molar-refractivity contribution in [1.29, 1.82) is 5.26 Å². The van der Waals surface area contributed by atoms with Gasteiger partial charge in [-0.25, -0.2) is 9.97 Å². The Morgan fingerprint density at radius 1 is 1.29 bits per heavy atom. The average Bonchev–Trinajstić information content (AvgIpc) is 2.35. The van der Waals surface area contributed by atoms with Crippen molar-refractivity contribution in [3.05, 3.63) is 41.9 Å². The molecule has 2 N–H and O–H groups in total. The fourth-order valence-corrected chi connectivity index (χ4v) is 1.23. The smallest absolute Gasteiger partial charge is 0.237 e. The molecule has 0 saturated carbocycles. The summed E-state index contributed by atoms with van der Waals surface area (Å²) < 4.78 is 5.45. The molecule has 17 heavy (non-hydrogen) atoms. The van der Waals surface area contributed by atoms with Crippen molar-refractivity contribution in [2.45, 2.75) is 6.92 Å². The zero-order valence-electron chi connectivity index (χ0n) is 9.21. The number of aromatic nitrogens is 2. The number of nitrogens with zero attached hydrogens (tertiary/aromatic N) is 3. The Labute approximate surface area is 98.5 Å². The molecule has 84 valence electrons. The summed E-state index contributed by atoms with van der Waals surface area (Å²) >= 11 is 0. The van der Waals surface area contributed by atoms with E-state index in [1.165, 1.54) is 12.4 Å². The van der Waals surface area contributed by atoms with Crippen LogP contribution in [0.5, 0.6) is 11.6 Å². The molecule has 1 aromatic heterocycles. The maximum Gasteiger partial charge on any atom is 0.237 e. The van der Waals surface area contributed by atoms with Crippen molar-refractivity contribution in [1.82, 2.24) is 9.97 Å². The molecule has 0 unspecified atom stereocenters. The summed E-state index contributed by atoms with van der Waals surface area (Å²) in [4.78, 5) is 7.80. The minimum atomic E-state index is 0.251. The molecule has 0 atom stereocenters. The molecule has 1 aromatic carbocycles. The zero-order valence-corrected chi connectivity index (χ0v) is 9.21. The van der Waals surface area contributed by atoms with Gasteiger partial charge in [0.15, 0.2) is 5.69 Å². The third kappa shape index (κ3) is 2.49. The maximum atomic E-state index is 8.58. The molecule has 5 nitrogen and oxygen atoms in total. The van der Waals surface area contributed by atoms with Crippen molar-refractivity contribution < 1.29 is 4.74 Å². The molecule has 0 saturated heterocycles. The number of nitrogens with two attached hydrogens (primary N) is 1. The standard InChI is InChI=1S/C12H10N4O/c1-8-2-3-10(4-11(8)14)17-12-7-15-9(5-13)6-16-12/h2-4,6-7H,14H2,1H3. The van der Waals surface area contributed by atoms with Gasteiger partial charge in [0.2, 0.25) is 5.88 Å². The minimum Gasteiger partial charge on any atom is -0.437 e. The summed E-state index contributed by atoms with van der Waals surface area (Å²) in [5, 5.41) is 8.58. The minimum absolute atomic E-state index is 0.251. The van der Waals surface area contributed by atoms with Gasteiger partial charge in [-0.15, -0.1) is 0 Å². The lowest BCUT2D eigenvalue weighted by molar-refractivity contribution is 0.460.